The number of aromatic nitrogens is 4. The standard InChI is InChI=1S/C8H8IN5.C2H6/c1-10-8-11-3-2-6(13-8)5-4-12-14-7(5)9;1-2/h2-4H,1H3,(H,12,14)(H,10,11,13);1-2H3. The van der Waals surface area contributed by atoms with Crippen LogP contribution < -0.4 is 5.32 Å². The third-order valence-corrected chi connectivity index (χ3v) is 2.57. The van der Waals surface area contributed by atoms with Crippen molar-refractivity contribution >= 4 is 28.5 Å². The number of hydrogen-bond acceptors (Lipinski definition) is 4. The van der Waals surface area contributed by atoms with Gasteiger partial charge in [0.05, 0.1) is 17.5 Å². The van der Waals surface area contributed by atoms with E-state index in [2.05, 4.69) is 48.1 Å². The zero-order chi connectivity index (χ0) is 12.0. The molecule has 2 aromatic rings. The van der Waals surface area contributed by atoms with Crippen LogP contribution in [-0.4, -0.2) is 27.2 Å². The van der Waals surface area contributed by atoms with Gasteiger partial charge in [0, 0.05) is 13.2 Å². The molecular formula is C10H14IN5. The van der Waals surface area contributed by atoms with Crippen molar-refractivity contribution in [1.82, 2.24) is 20.2 Å². The average Bonchev–Trinajstić information content (AvgIpc) is 2.78. The molecule has 5 nitrogen and oxygen atoms in total. The maximum Gasteiger partial charge on any atom is 0.222 e. The number of halogens is 1. The Balaban J connectivity index is 0.000000606. The van der Waals surface area contributed by atoms with Gasteiger partial charge in [-0.2, -0.15) is 5.10 Å². The van der Waals surface area contributed by atoms with Gasteiger partial charge < -0.3 is 5.32 Å². The normalized spacial score (nSPS) is 9.25. The van der Waals surface area contributed by atoms with Crippen molar-refractivity contribution in [3.05, 3.63) is 22.2 Å². The van der Waals surface area contributed by atoms with Gasteiger partial charge in [-0.3, -0.25) is 5.10 Å². The highest BCUT2D eigenvalue weighted by Crippen LogP contribution is 2.21. The molecule has 86 valence electrons. The molecule has 0 spiro atoms. The van der Waals surface area contributed by atoms with Crippen molar-refractivity contribution in [2.45, 2.75) is 13.8 Å². The van der Waals surface area contributed by atoms with Gasteiger partial charge in [0.1, 0.15) is 3.70 Å². The summed E-state index contributed by atoms with van der Waals surface area (Å²) < 4.78 is 0.975. The molecule has 0 radical (unpaired) electrons. The summed E-state index contributed by atoms with van der Waals surface area (Å²) in [6.07, 6.45) is 3.47. The molecule has 2 N–H and O–H groups in total. The zero-order valence-electron chi connectivity index (χ0n) is 9.45. The largest absolute Gasteiger partial charge is 0.357 e. The summed E-state index contributed by atoms with van der Waals surface area (Å²) in [6, 6.07) is 1.86. The van der Waals surface area contributed by atoms with Crippen molar-refractivity contribution in [3.63, 3.8) is 0 Å². The first-order valence-electron chi connectivity index (χ1n) is 5.01. The van der Waals surface area contributed by atoms with Crippen LogP contribution in [0.2, 0.25) is 0 Å². The van der Waals surface area contributed by atoms with Crippen LogP contribution in [-0.2, 0) is 0 Å². The van der Waals surface area contributed by atoms with Crippen molar-refractivity contribution < 1.29 is 0 Å². The number of aromatic amines is 1. The zero-order valence-corrected chi connectivity index (χ0v) is 11.6. The third kappa shape index (κ3) is 2.91. The van der Waals surface area contributed by atoms with E-state index in [1.54, 1.807) is 19.4 Å². The molecule has 0 bridgehead atoms. The van der Waals surface area contributed by atoms with Crippen molar-refractivity contribution in [2.24, 2.45) is 0 Å². The fraction of sp³-hybridized carbons (Fsp3) is 0.300. The van der Waals surface area contributed by atoms with Crippen molar-refractivity contribution in [3.8, 4) is 11.3 Å². The van der Waals surface area contributed by atoms with Crippen LogP contribution in [0.25, 0.3) is 11.3 Å². The van der Waals surface area contributed by atoms with Gasteiger partial charge >= 0.3 is 0 Å². The summed E-state index contributed by atoms with van der Waals surface area (Å²) in [6.45, 7) is 4.00. The lowest BCUT2D eigenvalue weighted by atomic mass is 10.2. The molecule has 2 heterocycles. The molecule has 0 atom stereocenters. The second kappa shape index (κ2) is 6.41. The van der Waals surface area contributed by atoms with Gasteiger partial charge in [-0.15, -0.1) is 0 Å². The van der Waals surface area contributed by atoms with Crippen molar-refractivity contribution in [2.75, 3.05) is 12.4 Å². The van der Waals surface area contributed by atoms with E-state index in [-0.39, 0.29) is 0 Å². The average molecular weight is 331 g/mol. The lowest BCUT2D eigenvalue weighted by Crippen LogP contribution is -1.96. The topological polar surface area (TPSA) is 66.5 Å². The molecule has 6 heteroatoms. The lowest BCUT2D eigenvalue weighted by molar-refractivity contribution is 1.07. The Morgan fingerprint density at radius 2 is 2.12 bits per heavy atom. The van der Waals surface area contributed by atoms with E-state index in [1.807, 2.05) is 19.9 Å². The van der Waals surface area contributed by atoms with Gasteiger partial charge in [-0.1, -0.05) is 13.8 Å². The van der Waals surface area contributed by atoms with Gasteiger partial charge in [-0.25, -0.2) is 9.97 Å². The summed E-state index contributed by atoms with van der Waals surface area (Å²) in [4.78, 5) is 8.35. The molecule has 0 aliphatic carbocycles. The molecule has 16 heavy (non-hydrogen) atoms. The molecular weight excluding hydrogens is 317 g/mol. The van der Waals surface area contributed by atoms with E-state index in [1.165, 1.54) is 0 Å². The van der Waals surface area contributed by atoms with E-state index in [4.69, 9.17) is 0 Å². The Labute approximate surface area is 108 Å². The Kier molecular flexibility index (Phi) is 5.17. The molecule has 0 saturated heterocycles. The molecule has 0 unspecified atom stereocenters. The number of nitrogens with one attached hydrogen (secondary N) is 2. The summed E-state index contributed by atoms with van der Waals surface area (Å²) in [5, 5.41) is 9.69. The van der Waals surface area contributed by atoms with Gasteiger partial charge in [-0.05, 0) is 28.7 Å². The van der Waals surface area contributed by atoms with Crippen LogP contribution in [0.3, 0.4) is 0 Å². The van der Waals surface area contributed by atoms with Gasteiger partial charge in [0.2, 0.25) is 5.95 Å². The van der Waals surface area contributed by atoms with E-state index >= 15 is 0 Å². The number of nitrogens with zero attached hydrogens (tertiary/aromatic N) is 3. The van der Waals surface area contributed by atoms with Gasteiger partial charge in [0.25, 0.3) is 0 Å². The molecule has 0 saturated carbocycles. The summed E-state index contributed by atoms with van der Waals surface area (Å²) in [7, 11) is 1.79. The first-order chi connectivity index (χ1) is 7.81. The SMILES string of the molecule is CC.CNc1nccc(-c2cn[nH]c2I)n1. The maximum absolute atomic E-state index is 4.31. The van der Waals surface area contributed by atoms with E-state index in [9.17, 15) is 0 Å². The first kappa shape index (κ1) is 12.9. The highest BCUT2D eigenvalue weighted by molar-refractivity contribution is 14.1. The smallest absolute Gasteiger partial charge is 0.222 e. The second-order valence-corrected chi connectivity index (χ2v) is 3.69. The summed E-state index contributed by atoms with van der Waals surface area (Å²) >= 11 is 2.18. The van der Waals surface area contributed by atoms with Crippen LogP contribution >= 0.6 is 22.6 Å². The van der Waals surface area contributed by atoms with Crippen molar-refractivity contribution in [1.29, 1.82) is 0 Å². The van der Waals surface area contributed by atoms with Crippen LogP contribution in [0.4, 0.5) is 5.95 Å². The molecule has 0 aliphatic rings. The number of rotatable bonds is 2. The molecule has 0 aliphatic heterocycles. The molecule has 2 aromatic heterocycles. The monoisotopic (exact) mass is 331 g/mol. The highest BCUT2D eigenvalue weighted by atomic mass is 127. The minimum absolute atomic E-state index is 0.611. The Bertz CT molecular complexity index is 440. The molecule has 0 amide bonds. The fourth-order valence-corrected chi connectivity index (χ4v) is 1.63. The van der Waals surface area contributed by atoms with E-state index in [0.29, 0.717) is 5.95 Å². The molecule has 0 aromatic carbocycles. The molecule has 0 fully saturated rings. The van der Waals surface area contributed by atoms with Crippen LogP contribution in [0.15, 0.2) is 18.5 Å². The quantitative estimate of drug-likeness (QED) is 0.830. The number of hydrogen-bond donors (Lipinski definition) is 2. The fourth-order valence-electron chi connectivity index (χ4n) is 1.08. The highest BCUT2D eigenvalue weighted by Gasteiger charge is 2.06. The third-order valence-electron chi connectivity index (χ3n) is 1.75. The van der Waals surface area contributed by atoms with Crippen LogP contribution in [0, 0.1) is 3.70 Å². The van der Waals surface area contributed by atoms with E-state index in [0.717, 1.165) is 15.0 Å². The Hall–Kier alpha value is -1.18. The Morgan fingerprint density at radius 1 is 1.38 bits per heavy atom. The van der Waals surface area contributed by atoms with E-state index < -0.39 is 0 Å². The number of H-pyrrole nitrogens is 1. The van der Waals surface area contributed by atoms with Crippen LogP contribution in [0.5, 0.6) is 0 Å². The minimum Gasteiger partial charge on any atom is -0.357 e. The van der Waals surface area contributed by atoms with Gasteiger partial charge in [0.15, 0.2) is 0 Å². The summed E-state index contributed by atoms with van der Waals surface area (Å²) in [5.74, 6) is 0.611. The first-order valence-corrected chi connectivity index (χ1v) is 6.09. The second-order valence-electron chi connectivity index (χ2n) is 2.61. The lowest BCUT2D eigenvalue weighted by Gasteiger charge is -2.00. The molecule has 2 rings (SSSR count). The number of anilines is 1. The maximum atomic E-state index is 4.31. The minimum atomic E-state index is 0.611. The Morgan fingerprint density at radius 3 is 2.69 bits per heavy atom. The van der Waals surface area contributed by atoms with Crippen LogP contribution in [0.1, 0.15) is 13.8 Å². The predicted octanol–water partition coefficient (Wildman–Crippen LogP) is 2.54. The summed E-state index contributed by atoms with van der Waals surface area (Å²) in [5.41, 5.74) is 1.85. The predicted molar refractivity (Wildman–Crippen MR) is 73.2 cm³/mol.